The van der Waals surface area contributed by atoms with Gasteiger partial charge in [0.1, 0.15) is 22.7 Å². The van der Waals surface area contributed by atoms with Crippen LogP contribution in [0, 0.1) is 6.92 Å². The van der Waals surface area contributed by atoms with Gasteiger partial charge in [-0.3, -0.25) is 10.3 Å². The molecule has 1 aliphatic heterocycles. The highest BCUT2D eigenvalue weighted by molar-refractivity contribution is 7.14. The van der Waals surface area contributed by atoms with Gasteiger partial charge in [-0.1, -0.05) is 25.2 Å². The number of aromatic nitrogens is 4. The molecule has 2 amide bonds. The molecule has 0 unspecified atom stereocenters. The van der Waals surface area contributed by atoms with Crippen LogP contribution in [0.3, 0.4) is 0 Å². The number of carbonyl (C=O) groups excluding carboxylic acids is 1. The number of anilines is 1. The molecular weight excluding hydrogens is 405 g/mol. The zero-order valence-electron chi connectivity index (χ0n) is 17.1. The monoisotopic (exact) mass is 429 g/mol. The summed E-state index contributed by atoms with van der Waals surface area (Å²) in [6, 6.07) is 3.32. The molecule has 3 aromatic rings. The Morgan fingerprint density at radius 2 is 2.03 bits per heavy atom. The lowest BCUT2D eigenvalue weighted by Gasteiger charge is -2.35. The lowest BCUT2D eigenvalue weighted by molar-refractivity contribution is 0.119. The summed E-state index contributed by atoms with van der Waals surface area (Å²) in [5, 5.41) is 17.5. The van der Waals surface area contributed by atoms with E-state index in [2.05, 4.69) is 30.8 Å². The van der Waals surface area contributed by atoms with Crippen molar-refractivity contribution in [3.8, 4) is 10.7 Å². The highest BCUT2D eigenvalue weighted by Gasteiger charge is 2.31. The van der Waals surface area contributed by atoms with E-state index in [4.69, 9.17) is 0 Å². The standard InChI is InChI=1S/C20H24FN7OS/c1-11(2)24-16-4-5-28(10-15(16)21)20(29)25-18-7-13-6-17(19-27-26-12(3)30-19)22-8-14(13)9-23-18/h6-9,11,15-16,24H,4-5,10H2,1-3H3,(H,23,25,29)/t15-,16-/m0/s1. The molecule has 4 heterocycles. The predicted molar refractivity (Wildman–Crippen MR) is 115 cm³/mol. The maximum atomic E-state index is 14.5. The second-order valence-corrected chi connectivity index (χ2v) is 8.90. The Bertz CT molecular complexity index is 1060. The van der Waals surface area contributed by atoms with Crippen molar-refractivity contribution >= 4 is 34.0 Å². The van der Waals surface area contributed by atoms with Crippen LogP contribution in [-0.4, -0.2) is 62.4 Å². The third kappa shape index (κ3) is 4.54. The number of likely N-dealkylation sites (tertiary alicyclic amines) is 1. The van der Waals surface area contributed by atoms with Gasteiger partial charge in [-0.2, -0.15) is 0 Å². The fraction of sp³-hybridized carbons (Fsp3) is 0.450. The summed E-state index contributed by atoms with van der Waals surface area (Å²) >= 11 is 1.47. The van der Waals surface area contributed by atoms with Gasteiger partial charge in [-0.25, -0.2) is 14.2 Å². The number of amides is 2. The van der Waals surface area contributed by atoms with Gasteiger partial charge < -0.3 is 10.2 Å². The largest absolute Gasteiger partial charge is 0.323 e. The summed E-state index contributed by atoms with van der Waals surface area (Å²) < 4.78 is 14.5. The molecule has 8 nitrogen and oxygen atoms in total. The molecule has 1 aliphatic rings. The molecule has 0 bridgehead atoms. The van der Waals surface area contributed by atoms with Gasteiger partial charge >= 0.3 is 6.03 Å². The minimum Gasteiger partial charge on any atom is -0.321 e. The van der Waals surface area contributed by atoms with Crippen molar-refractivity contribution in [1.29, 1.82) is 0 Å². The first-order chi connectivity index (χ1) is 14.4. The first-order valence-electron chi connectivity index (χ1n) is 9.91. The van der Waals surface area contributed by atoms with Gasteiger partial charge in [0, 0.05) is 36.4 Å². The molecule has 2 N–H and O–H groups in total. The van der Waals surface area contributed by atoms with Crippen LogP contribution in [0.4, 0.5) is 15.0 Å². The molecule has 1 saturated heterocycles. The lowest BCUT2D eigenvalue weighted by Crippen LogP contribution is -2.54. The van der Waals surface area contributed by atoms with Crippen LogP contribution in [0.15, 0.2) is 24.5 Å². The van der Waals surface area contributed by atoms with E-state index in [9.17, 15) is 9.18 Å². The van der Waals surface area contributed by atoms with Crippen molar-refractivity contribution in [3.63, 3.8) is 0 Å². The number of fused-ring (bicyclic) bond motifs is 1. The average Bonchev–Trinajstić information content (AvgIpc) is 3.15. The number of hydrogen-bond acceptors (Lipinski definition) is 7. The molecular formula is C20H24FN7OS. The Balaban J connectivity index is 1.46. The van der Waals surface area contributed by atoms with E-state index in [1.165, 1.54) is 16.2 Å². The Kier molecular flexibility index (Phi) is 5.87. The van der Waals surface area contributed by atoms with E-state index < -0.39 is 6.17 Å². The van der Waals surface area contributed by atoms with Crippen molar-refractivity contribution < 1.29 is 9.18 Å². The fourth-order valence-electron chi connectivity index (χ4n) is 3.52. The maximum Gasteiger partial charge on any atom is 0.323 e. The molecule has 3 aromatic heterocycles. The predicted octanol–water partition coefficient (Wildman–Crippen LogP) is 3.40. The third-order valence-corrected chi connectivity index (χ3v) is 5.82. The number of nitrogens with zero attached hydrogens (tertiary/aromatic N) is 5. The van der Waals surface area contributed by atoms with Crippen molar-refractivity contribution in [1.82, 2.24) is 30.4 Å². The van der Waals surface area contributed by atoms with Crippen molar-refractivity contribution in [2.24, 2.45) is 0 Å². The normalized spacial score (nSPS) is 19.4. The quantitative estimate of drug-likeness (QED) is 0.660. The number of rotatable bonds is 4. The Morgan fingerprint density at radius 1 is 1.23 bits per heavy atom. The molecule has 0 radical (unpaired) electrons. The van der Waals surface area contributed by atoms with Gasteiger partial charge in [0.2, 0.25) is 0 Å². The molecule has 0 aliphatic carbocycles. The van der Waals surface area contributed by atoms with E-state index in [0.29, 0.717) is 18.8 Å². The first kappa shape index (κ1) is 20.5. The Morgan fingerprint density at radius 3 is 2.73 bits per heavy atom. The average molecular weight is 430 g/mol. The summed E-state index contributed by atoms with van der Waals surface area (Å²) in [5.41, 5.74) is 0.719. The first-order valence-corrected chi connectivity index (χ1v) is 10.7. The summed E-state index contributed by atoms with van der Waals surface area (Å²) in [5.74, 6) is 0.413. The van der Waals surface area contributed by atoms with E-state index >= 15 is 0 Å². The van der Waals surface area contributed by atoms with Crippen LogP contribution in [0.2, 0.25) is 0 Å². The summed E-state index contributed by atoms with van der Waals surface area (Å²) in [7, 11) is 0. The van der Waals surface area contributed by atoms with E-state index in [0.717, 1.165) is 26.5 Å². The summed E-state index contributed by atoms with van der Waals surface area (Å²) in [6.45, 7) is 6.43. The summed E-state index contributed by atoms with van der Waals surface area (Å²) in [6.07, 6.45) is 2.86. The van der Waals surface area contributed by atoms with Crippen LogP contribution in [0.5, 0.6) is 0 Å². The molecule has 4 rings (SSSR count). The van der Waals surface area contributed by atoms with Crippen LogP contribution in [0.25, 0.3) is 21.5 Å². The van der Waals surface area contributed by atoms with Crippen LogP contribution in [-0.2, 0) is 0 Å². The number of aryl methyl sites for hydroxylation is 1. The van der Waals surface area contributed by atoms with Crippen LogP contribution in [0.1, 0.15) is 25.3 Å². The van der Waals surface area contributed by atoms with Gasteiger partial charge in [-0.05, 0) is 30.9 Å². The smallest absolute Gasteiger partial charge is 0.321 e. The fourth-order valence-corrected chi connectivity index (χ4v) is 4.18. The molecule has 0 saturated carbocycles. The lowest BCUT2D eigenvalue weighted by atomic mass is 10.0. The topological polar surface area (TPSA) is 95.9 Å². The highest BCUT2D eigenvalue weighted by Crippen LogP contribution is 2.25. The van der Waals surface area contributed by atoms with E-state index in [1.807, 2.05) is 26.8 Å². The van der Waals surface area contributed by atoms with E-state index in [1.54, 1.807) is 18.5 Å². The number of carbonyl (C=O) groups is 1. The molecule has 1 fully saturated rings. The van der Waals surface area contributed by atoms with Crippen molar-refractivity contribution in [3.05, 3.63) is 29.5 Å². The SMILES string of the molecule is Cc1nnc(-c2cc3cc(NC(=O)N4CC[C@H](NC(C)C)[C@@H](F)C4)ncc3cn2)s1. The number of halogens is 1. The molecule has 0 spiro atoms. The third-order valence-electron chi connectivity index (χ3n) is 4.96. The number of pyridine rings is 2. The van der Waals surface area contributed by atoms with Gasteiger partial charge in [0.25, 0.3) is 0 Å². The van der Waals surface area contributed by atoms with Crippen molar-refractivity contribution in [2.75, 3.05) is 18.4 Å². The number of piperidine rings is 1. The van der Waals surface area contributed by atoms with Crippen LogP contribution >= 0.6 is 11.3 Å². The van der Waals surface area contributed by atoms with E-state index in [-0.39, 0.29) is 24.7 Å². The molecule has 158 valence electrons. The summed E-state index contributed by atoms with van der Waals surface area (Å²) in [4.78, 5) is 22.8. The highest BCUT2D eigenvalue weighted by atomic mass is 32.1. The van der Waals surface area contributed by atoms with Gasteiger partial charge in [-0.15, -0.1) is 10.2 Å². The minimum absolute atomic E-state index is 0.0638. The van der Waals surface area contributed by atoms with Gasteiger partial charge in [0.15, 0.2) is 5.01 Å². The number of nitrogens with one attached hydrogen (secondary N) is 2. The van der Waals surface area contributed by atoms with Crippen molar-refractivity contribution in [2.45, 2.75) is 45.4 Å². The van der Waals surface area contributed by atoms with Gasteiger partial charge in [0.05, 0.1) is 6.54 Å². The van der Waals surface area contributed by atoms with Crippen LogP contribution < -0.4 is 10.6 Å². The second kappa shape index (κ2) is 8.57. The molecule has 2 atom stereocenters. The number of urea groups is 1. The second-order valence-electron chi connectivity index (χ2n) is 7.72. The molecule has 0 aromatic carbocycles. The zero-order valence-corrected chi connectivity index (χ0v) is 17.9. The number of hydrogen-bond donors (Lipinski definition) is 2. The molecule has 10 heteroatoms. The Hall–Kier alpha value is -2.72. The number of alkyl halides is 1. The maximum absolute atomic E-state index is 14.5. The molecule has 30 heavy (non-hydrogen) atoms. The minimum atomic E-state index is -1.10. The Labute approximate surface area is 177 Å². The zero-order chi connectivity index (χ0) is 21.3.